The molecule has 1 aliphatic carbocycles. The SMILES string of the molecule is COc1ccc(CNc2nc(Cl)nc3c2ccn3[C@@H]2C[C@H](c3cccc(OC(F)F)c3)[C@H]3OC(C)(C)O[C@H]32)cc1. The summed E-state index contributed by atoms with van der Waals surface area (Å²) in [6.07, 6.45) is 2.02. The number of halogens is 3. The maximum absolute atomic E-state index is 12.9. The fourth-order valence-corrected chi connectivity index (χ4v) is 5.98. The van der Waals surface area contributed by atoms with Gasteiger partial charge in [-0.15, -0.1) is 0 Å². The van der Waals surface area contributed by atoms with Crippen LogP contribution in [-0.4, -0.2) is 46.3 Å². The van der Waals surface area contributed by atoms with Crippen LogP contribution in [0.15, 0.2) is 60.8 Å². The number of benzene rings is 2. The highest BCUT2D eigenvalue weighted by Crippen LogP contribution is 2.52. The summed E-state index contributed by atoms with van der Waals surface area (Å²) in [5.41, 5.74) is 2.58. The van der Waals surface area contributed by atoms with E-state index < -0.39 is 12.4 Å². The van der Waals surface area contributed by atoms with E-state index in [-0.39, 0.29) is 35.2 Å². The molecule has 11 heteroatoms. The lowest BCUT2D eigenvalue weighted by Crippen LogP contribution is -2.27. The molecule has 210 valence electrons. The molecule has 0 radical (unpaired) electrons. The molecule has 4 aromatic rings. The Balaban J connectivity index is 1.31. The Kier molecular flexibility index (Phi) is 7.02. The van der Waals surface area contributed by atoms with Gasteiger partial charge in [0.05, 0.1) is 24.6 Å². The van der Waals surface area contributed by atoms with Crippen LogP contribution in [0.5, 0.6) is 11.5 Å². The van der Waals surface area contributed by atoms with Crippen molar-refractivity contribution in [2.24, 2.45) is 0 Å². The summed E-state index contributed by atoms with van der Waals surface area (Å²) >= 11 is 6.40. The van der Waals surface area contributed by atoms with Crippen LogP contribution >= 0.6 is 11.6 Å². The third-order valence-electron chi connectivity index (χ3n) is 7.47. The number of hydrogen-bond acceptors (Lipinski definition) is 7. The van der Waals surface area contributed by atoms with E-state index in [1.54, 1.807) is 19.2 Å². The van der Waals surface area contributed by atoms with Crippen LogP contribution in [-0.2, 0) is 16.0 Å². The summed E-state index contributed by atoms with van der Waals surface area (Å²) in [4.78, 5) is 9.02. The average Bonchev–Trinajstić information content (AvgIpc) is 3.57. The predicted octanol–water partition coefficient (Wildman–Crippen LogP) is 6.56. The van der Waals surface area contributed by atoms with Gasteiger partial charge in [-0.2, -0.15) is 13.8 Å². The van der Waals surface area contributed by atoms with Gasteiger partial charge in [0.1, 0.15) is 29.1 Å². The maximum Gasteiger partial charge on any atom is 0.387 e. The van der Waals surface area contributed by atoms with Gasteiger partial charge < -0.3 is 28.8 Å². The summed E-state index contributed by atoms with van der Waals surface area (Å²) in [6.45, 7) is 1.40. The van der Waals surface area contributed by atoms with Gasteiger partial charge in [-0.25, -0.2) is 4.98 Å². The third-order valence-corrected chi connectivity index (χ3v) is 7.64. The molecule has 0 unspecified atom stereocenters. The molecule has 6 rings (SSSR count). The second-order valence-electron chi connectivity index (χ2n) is 10.4. The lowest BCUT2D eigenvalue weighted by atomic mass is 9.95. The molecule has 40 heavy (non-hydrogen) atoms. The molecule has 2 fully saturated rings. The van der Waals surface area contributed by atoms with Crippen LogP contribution in [0, 0.1) is 0 Å². The monoisotopic (exact) mass is 570 g/mol. The van der Waals surface area contributed by atoms with Gasteiger partial charge in [0.2, 0.25) is 5.28 Å². The number of rotatable bonds is 8. The molecule has 2 aromatic heterocycles. The molecular formula is C29H29ClF2N4O4. The van der Waals surface area contributed by atoms with Crippen LogP contribution < -0.4 is 14.8 Å². The van der Waals surface area contributed by atoms with Crippen LogP contribution in [0.2, 0.25) is 5.28 Å². The van der Waals surface area contributed by atoms with E-state index >= 15 is 0 Å². The number of nitrogens with one attached hydrogen (secondary N) is 1. The summed E-state index contributed by atoms with van der Waals surface area (Å²) < 4.78 is 50.5. The predicted molar refractivity (Wildman–Crippen MR) is 146 cm³/mol. The van der Waals surface area contributed by atoms with Crippen molar-refractivity contribution in [3.05, 3.63) is 77.2 Å². The number of nitrogens with zero attached hydrogens (tertiary/aromatic N) is 3. The number of alkyl halides is 2. The molecule has 2 aliphatic rings. The largest absolute Gasteiger partial charge is 0.497 e. The molecular weight excluding hydrogens is 542 g/mol. The lowest BCUT2D eigenvalue weighted by molar-refractivity contribution is -0.157. The highest BCUT2D eigenvalue weighted by Gasteiger charge is 2.55. The van der Waals surface area contributed by atoms with Crippen LogP contribution in [0.25, 0.3) is 11.0 Å². The standard InChI is InChI=1S/C29H29ClF2N4O4/c1-29(2)39-23-21(17-5-4-6-19(13-17)38-28(31)32)14-22(24(23)40-29)36-12-11-20-25(34-27(30)35-26(20)36)33-15-16-7-9-18(37-3)10-8-16/h4-13,21-24,28H,14-15H2,1-3H3,(H,33,34,35)/t21-,22-,23-,24+/m1/s1. The molecule has 1 saturated heterocycles. The quantitative estimate of drug-likeness (QED) is 0.240. The van der Waals surface area contributed by atoms with Crippen molar-refractivity contribution in [2.45, 2.75) is 63.4 Å². The van der Waals surface area contributed by atoms with Gasteiger partial charge in [0.25, 0.3) is 0 Å². The first-order chi connectivity index (χ1) is 19.2. The molecule has 0 amide bonds. The van der Waals surface area contributed by atoms with Crippen molar-refractivity contribution >= 4 is 28.5 Å². The molecule has 0 bridgehead atoms. The van der Waals surface area contributed by atoms with Crippen molar-refractivity contribution in [2.75, 3.05) is 12.4 Å². The van der Waals surface area contributed by atoms with Gasteiger partial charge >= 0.3 is 6.61 Å². The number of aromatic nitrogens is 3. The van der Waals surface area contributed by atoms with E-state index in [4.69, 9.17) is 25.8 Å². The number of ether oxygens (including phenoxy) is 4. The van der Waals surface area contributed by atoms with E-state index in [0.717, 1.165) is 22.3 Å². The molecule has 1 aliphatic heterocycles. The summed E-state index contributed by atoms with van der Waals surface area (Å²) in [5.74, 6) is 0.612. The van der Waals surface area contributed by atoms with Crippen molar-refractivity contribution < 1.29 is 27.7 Å². The Labute approximate surface area is 235 Å². The normalized spacial score (nSPS) is 23.5. The second-order valence-corrected chi connectivity index (χ2v) is 10.8. The van der Waals surface area contributed by atoms with E-state index in [9.17, 15) is 8.78 Å². The van der Waals surface area contributed by atoms with E-state index in [1.807, 2.05) is 56.4 Å². The minimum atomic E-state index is -2.90. The summed E-state index contributed by atoms with van der Waals surface area (Å²) in [7, 11) is 1.63. The maximum atomic E-state index is 12.9. The highest BCUT2D eigenvalue weighted by atomic mass is 35.5. The zero-order valence-corrected chi connectivity index (χ0v) is 22.9. The third kappa shape index (κ3) is 5.18. The molecule has 0 spiro atoms. The first-order valence-electron chi connectivity index (χ1n) is 13.0. The molecule has 8 nitrogen and oxygen atoms in total. The fraction of sp³-hybridized carbons (Fsp3) is 0.379. The zero-order chi connectivity index (χ0) is 28.0. The highest BCUT2D eigenvalue weighted by molar-refractivity contribution is 6.28. The van der Waals surface area contributed by atoms with E-state index in [0.29, 0.717) is 24.4 Å². The van der Waals surface area contributed by atoms with Crippen molar-refractivity contribution in [3.63, 3.8) is 0 Å². The summed E-state index contributed by atoms with van der Waals surface area (Å²) in [5, 5.41) is 4.33. The van der Waals surface area contributed by atoms with Gasteiger partial charge in [-0.05, 0) is 73.3 Å². The first-order valence-corrected chi connectivity index (χ1v) is 13.4. The van der Waals surface area contributed by atoms with Gasteiger partial charge in [-0.1, -0.05) is 24.3 Å². The van der Waals surface area contributed by atoms with E-state index in [1.165, 1.54) is 6.07 Å². The molecule has 1 N–H and O–H groups in total. The Bertz CT molecular complexity index is 1510. The second kappa shape index (κ2) is 10.5. The van der Waals surface area contributed by atoms with Gasteiger partial charge in [-0.3, -0.25) is 0 Å². The molecule has 4 atom stereocenters. The summed E-state index contributed by atoms with van der Waals surface area (Å²) in [6, 6.07) is 16.4. The Morgan fingerprint density at radius 1 is 1.07 bits per heavy atom. The number of hydrogen-bond donors (Lipinski definition) is 1. The zero-order valence-electron chi connectivity index (χ0n) is 22.2. The Morgan fingerprint density at radius 3 is 2.60 bits per heavy atom. The lowest BCUT2D eigenvalue weighted by Gasteiger charge is -2.25. The molecule has 1 saturated carbocycles. The Hall–Kier alpha value is -3.47. The van der Waals surface area contributed by atoms with Crippen LogP contribution in [0.1, 0.15) is 43.4 Å². The number of anilines is 1. The fourth-order valence-electron chi connectivity index (χ4n) is 5.81. The van der Waals surface area contributed by atoms with Crippen molar-refractivity contribution in [1.29, 1.82) is 0 Å². The van der Waals surface area contributed by atoms with Gasteiger partial charge in [0.15, 0.2) is 5.79 Å². The Morgan fingerprint density at radius 2 is 1.85 bits per heavy atom. The molecule has 3 heterocycles. The molecule has 2 aromatic carbocycles. The van der Waals surface area contributed by atoms with Crippen LogP contribution in [0.3, 0.4) is 0 Å². The smallest absolute Gasteiger partial charge is 0.387 e. The van der Waals surface area contributed by atoms with Gasteiger partial charge in [0, 0.05) is 18.7 Å². The minimum Gasteiger partial charge on any atom is -0.497 e. The minimum absolute atomic E-state index is 0.111. The topological polar surface area (TPSA) is 79.7 Å². The number of fused-ring (bicyclic) bond motifs is 2. The van der Waals surface area contributed by atoms with Crippen molar-refractivity contribution in [1.82, 2.24) is 14.5 Å². The van der Waals surface area contributed by atoms with E-state index in [2.05, 4.69) is 24.6 Å². The average molecular weight is 571 g/mol. The number of methoxy groups -OCH3 is 1. The van der Waals surface area contributed by atoms with Crippen LogP contribution in [0.4, 0.5) is 14.6 Å². The van der Waals surface area contributed by atoms with Crippen molar-refractivity contribution in [3.8, 4) is 11.5 Å². The first kappa shape index (κ1) is 26.7.